The zero-order chi connectivity index (χ0) is 12.5. The summed E-state index contributed by atoms with van der Waals surface area (Å²) in [7, 11) is 0. The molecule has 0 fully saturated rings. The first-order valence-electron chi connectivity index (χ1n) is 5.47. The van der Waals surface area contributed by atoms with Crippen LogP contribution in [0.2, 0.25) is 0 Å². The fourth-order valence-electron chi connectivity index (χ4n) is 0.655. The lowest BCUT2D eigenvalue weighted by molar-refractivity contribution is -0.121. The molecular formula is C11H24N2O2. The Morgan fingerprint density at radius 3 is 2.00 bits per heavy atom. The van der Waals surface area contributed by atoms with Gasteiger partial charge in [0.15, 0.2) is 5.78 Å². The van der Waals surface area contributed by atoms with Crippen LogP contribution in [0.1, 0.15) is 48.0 Å². The smallest absolute Gasteiger partial charge is 0.315 e. The molecule has 0 aliphatic rings. The number of ketones is 1. The number of amides is 2. The largest absolute Gasteiger partial charge is 0.338 e. The number of rotatable bonds is 4. The van der Waals surface area contributed by atoms with Gasteiger partial charge < -0.3 is 10.6 Å². The average molecular weight is 216 g/mol. The van der Waals surface area contributed by atoms with Crippen LogP contribution in [0, 0.1) is 0 Å². The molecule has 0 unspecified atom stereocenters. The van der Waals surface area contributed by atoms with Crippen molar-refractivity contribution in [3.63, 3.8) is 0 Å². The number of carbonyl (C=O) groups excluding carboxylic acids is 2. The van der Waals surface area contributed by atoms with Crippen LogP contribution >= 0.6 is 0 Å². The van der Waals surface area contributed by atoms with E-state index in [9.17, 15) is 9.59 Å². The Morgan fingerprint density at radius 1 is 1.20 bits per heavy atom. The van der Waals surface area contributed by atoms with Crippen molar-refractivity contribution >= 4 is 11.8 Å². The Balaban J connectivity index is 0. The van der Waals surface area contributed by atoms with Gasteiger partial charge in [-0.25, -0.2) is 4.79 Å². The molecule has 4 heteroatoms. The van der Waals surface area contributed by atoms with E-state index in [2.05, 4.69) is 10.6 Å². The number of nitrogens with one attached hydrogen (secondary N) is 2. The molecule has 0 saturated heterocycles. The van der Waals surface area contributed by atoms with E-state index in [-0.39, 0.29) is 11.8 Å². The predicted molar refractivity (Wildman–Crippen MR) is 62.9 cm³/mol. The first-order chi connectivity index (χ1) is 6.90. The van der Waals surface area contributed by atoms with Gasteiger partial charge in [0.2, 0.25) is 0 Å². The Morgan fingerprint density at radius 2 is 1.67 bits per heavy atom. The molecule has 0 radical (unpaired) electrons. The van der Waals surface area contributed by atoms with Gasteiger partial charge in [-0.15, -0.1) is 0 Å². The monoisotopic (exact) mass is 216 g/mol. The van der Waals surface area contributed by atoms with Crippen molar-refractivity contribution in [2.45, 2.75) is 53.5 Å². The SMILES string of the molecule is CC.CCCNC(=O)NC(C)(C)C(C)=O. The lowest BCUT2D eigenvalue weighted by Crippen LogP contribution is -2.52. The van der Waals surface area contributed by atoms with Crippen molar-refractivity contribution in [3.05, 3.63) is 0 Å². The fourth-order valence-corrected chi connectivity index (χ4v) is 0.655. The molecule has 4 nitrogen and oxygen atoms in total. The number of hydrogen-bond acceptors (Lipinski definition) is 2. The van der Waals surface area contributed by atoms with Crippen molar-refractivity contribution in [1.29, 1.82) is 0 Å². The van der Waals surface area contributed by atoms with Gasteiger partial charge in [-0.05, 0) is 27.2 Å². The van der Waals surface area contributed by atoms with Crippen molar-refractivity contribution in [2.24, 2.45) is 0 Å². The third kappa shape index (κ3) is 7.97. The molecule has 0 aromatic rings. The lowest BCUT2D eigenvalue weighted by atomic mass is 10.0. The van der Waals surface area contributed by atoms with Gasteiger partial charge >= 0.3 is 6.03 Å². The maximum atomic E-state index is 11.1. The molecule has 2 amide bonds. The molecule has 0 aliphatic heterocycles. The summed E-state index contributed by atoms with van der Waals surface area (Å²) in [6, 6.07) is -0.290. The molecule has 0 heterocycles. The second-order valence-corrected chi connectivity index (χ2v) is 3.56. The van der Waals surface area contributed by atoms with E-state index >= 15 is 0 Å². The van der Waals surface area contributed by atoms with Crippen molar-refractivity contribution in [2.75, 3.05) is 6.54 Å². The standard InChI is InChI=1S/C9H18N2O2.C2H6/c1-5-6-10-8(13)11-9(3,4)7(2)12;1-2/h5-6H2,1-4H3,(H2,10,11,13);1-2H3. The summed E-state index contributed by atoms with van der Waals surface area (Å²) in [5.41, 5.74) is -0.780. The zero-order valence-corrected chi connectivity index (χ0v) is 10.7. The topological polar surface area (TPSA) is 58.2 Å². The van der Waals surface area contributed by atoms with Crippen LogP contribution < -0.4 is 10.6 Å². The highest BCUT2D eigenvalue weighted by Gasteiger charge is 2.24. The Labute approximate surface area is 92.8 Å². The highest BCUT2D eigenvalue weighted by atomic mass is 16.2. The zero-order valence-electron chi connectivity index (χ0n) is 10.7. The van der Waals surface area contributed by atoms with Crippen LogP contribution in [-0.4, -0.2) is 23.9 Å². The minimum atomic E-state index is -0.780. The number of carbonyl (C=O) groups is 2. The maximum absolute atomic E-state index is 11.1. The summed E-state index contributed by atoms with van der Waals surface area (Å²) in [6.45, 7) is 11.4. The van der Waals surface area contributed by atoms with Crippen LogP contribution in [-0.2, 0) is 4.79 Å². The molecular weight excluding hydrogens is 192 g/mol. The van der Waals surface area contributed by atoms with E-state index < -0.39 is 5.54 Å². The first kappa shape index (κ1) is 16.4. The summed E-state index contributed by atoms with van der Waals surface area (Å²) in [6.07, 6.45) is 0.883. The second kappa shape index (κ2) is 8.26. The Hall–Kier alpha value is -1.06. The van der Waals surface area contributed by atoms with Crippen LogP contribution in [0.4, 0.5) is 4.79 Å². The van der Waals surface area contributed by atoms with E-state index in [4.69, 9.17) is 0 Å². The van der Waals surface area contributed by atoms with Gasteiger partial charge in [-0.1, -0.05) is 20.8 Å². The molecule has 0 atom stereocenters. The van der Waals surface area contributed by atoms with E-state index in [1.54, 1.807) is 13.8 Å². The summed E-state index contributed by atoms with van der Waals surface area (Å²) in [4.78, 5) is 22.2. The van der Waals surface area contributed by atoms with Gasteiger partial charge in [-0.2, -0.15) is 0 Å². The summed E-state index contributed by atoms with van der Waals surface area (Å²) in [5, 5.41) is 5.23. The van der Waals surface area contributed by atoms with Crippen molar-refractivity contribution < 1.29 is 9.59 Å². The van der Waals surface area contributed by atoms with Gasteiger partial charge in [-0.3, -0.25) is 4.79 Å². The van der Waals surface area contributed by atoms with Crippen LogP contribution in [0.15, 0.2) is 0 Å². The maximum Gasteiger partial charge on any atom is 0.315 e. The first-order valence-corrected chi connectivity index (χ1v) is 5.47. The quantitative estimate of drug-likeness (QED) is 0.756. The molecule has 2 N–H and O–H groups in total. The predicted octanol–water partition coefficient (Wildman–Crippen LogP) is 2.09. The fraction of sp³-hybridized carbons (Fsp3) is 0.818. The molecule has 0 rings (SSSR count). The van der Waals surface area contributed by atoms with Crippen molar-refractivity contribution in [1.82, 2.24) is 10.6 Å². The van der Waals surface area contributed by atoms with E-state index in [0.717, 1.165) is 6.42 Å². The number of Topliss-reactive ketones (excluding diaryl/α,β-unsaturated/α-hetero) is 1. The van der Waals surface area contributed by atoms with Gasteiger partial charge in [0.05, 0.1) is 5.54 Å². The molecule has 15 heavy (non-hydrogen) atoms. The van der Waals surface area contributed by atoms with E-state index in [1.807, 2.05) is 20.8 Å². The highest BCUT2D eigenvalue weighted by Crippen LogP contribution is 2.02. The molecule has 0 spiro atoms. The molecule has 90 valence electrons. The summed E-state index contributed by atoms with van der Waals surface area (Å²) < 4.78 is 0. The summed E-state index contributed by atoms with van der Waals surface area (Å²) >= 11 is 0. The normalized spacial score (nSPS) is 9.73. The minimum Gasteiger partial charge on any atom is -0.338 e. The van der Waals surface area contributed by atoms with Crippen molar-refractivity contribution in [3.8, 4) is 0 Å². The number of hydrogen-bond donors (Lipinski definition) is 2. The number of urea groups is 1. The third-order valence-electron chi connectivity index (χ3n) is 1.84. The van der Waals surface area contributed by atoms with Gasteiger partial charge in [0.1, 0.15) is 0 Å². The average Bonchev–Trinajstić information content (AvgIpc) is 2.17. The Kier molecular flexibility index (Phi) is 9.02. The van der Waals surface area contributed by atoms with E-state index in [1.165, 1.54) is 6.92 Å². The molecule has 0 aromatic carbocycles. The highest BCUT2D eigenvalue weighted by molar-refractivity contribution is 5.90. The molecule has 0 aliphatic carbocycles. The van der Waals surface area contributed by atoms with Crippen LogP contribution in [0.5, 0.6) is 0 Å². The summed E-state index contributed by atoms with van der Waals surface area (Å²) in [5.74, 6) is -0.0563. The lowest BCUT2D eigenvalue weighted by Gasteiger charge is -2.22. The minimum absolute atomic E-state index is 0.0563. The van der Waals surface area contributed by atoms with Gasteiger partial charge in [0.25, 0.3) is 0 Å². The molecule has 0 aromatic heterocycles. The van der Waals surface area contributed by atoms with Crippen LogP contribution in [0.25, 0.3) is 0 Å². The van der Waals surface area contributed by atoms with E-state index in [0.29, 0.717) is 6.54 Å². The molecule has 0 saturated carbocycles. The second-order valence-electron chi connectivity index (χ2n) is 3.56. The van der Waals surface area contributed by atoms with Gasteiger partial charge in [0, 0.05) is 6.54 Å². The van der Waals surface area contributed by atoms with Crippen LogP contribution in [0.3, 0.4) is 0 Å². The Bertz CT molecular complexity index is 201. The third-order valence-corrected chi connectivity index (χ3v) is 1.84. The molecule has 0 bridgehead atoms.